The van der Waals surface area contributed by atoms with E-state index in [2.05, 4.69) is 10.1 Å². The number of hydrogen-bond acceptors (Lipinski definition) is 4. The van der Waals surface area contributed by atoms with E-state index in [9.17, 15) is 8.78 Å². The van der Waals surface area contributed by atoms with Crippen molar-refractivity contribution in [3.05, 3.63) is 35.7 Å². The van der Waals surface area contributed by atoms with E-state index < -0.39 is 11.6 Å². The number of rotatable bonds is 2. The highest BCUT2D eigenvalue weighted by Gasteiger charge is 2.25. The molecule has 2 atom stereocenters. The maximum Gasteiger partial charge on any atom is 0.230 e. The molecule has 2 aromatic rings. The number of halogens is 3. The van der Waals surface area contributed by atoms with E-state index in [0.29, 0.717) is 11.5 Å². The Hall–Kier alpha value is -1.53. The van der Waals surface area contributed by atoms with Gasteiger partial charge in [0, 0.05) is 17.5 Å². The van der Waals surface area contributed by atoms with Gasteiger partial charge in [0.15, 0.2) is 11.6 Å². The van der Waals surface area contributed by atoms with E-state index in [0.717, 1.165) is 37.8 Å². The first kappa shape index (κ1) is 15.9. The number of nitrogens with two attached hydrogens (primary N) is 1. The molecule has 0 aliphatic heterocycles. The third kappa shape index (κ3) is 3.39. The fourth-order valence-electron chi connectivity index (χ4n) is 2.61. The van der Waals surface area contributed by atoms with Crippen LogP contribution in [-0.4, -0.2) is 16.2 Å². The molecule has 0 radical (unpaired) electrons. The van der Waals surface area contributed by atoms with Crippen LogP contribution in [0.5, 0.6) is 0 Å². The van der Waals surface area contributed by atoms with Gasteiger partial charge in [-0.05, 0) is 37.5 Å². The Balaban J connectivity index is 0.00000161. The van der Waals surface area contributed by atoms with Crippen LogP contribution in [0, 0.1) is 11.6 Å². The highest BCUT2D eigenvalue weighted by Crippen LogP contribution is 2.32. The second-order valence-electron chi connectivity index (χ2n) is 5.21. The fraction of sp³-hybridized carbons (Fsp3) is 0.429. The molecule has 1 saturated carbocycles. The lowest BCUT2D eigenvalue weighted by atomic mass is 9.86. The molecule has 2 N–H and O–H groups in total. The summed E-state index contributed by atoms with van der Waals surface area (Å²) in [5.41, 5.74) is 6.34. The number of nitrogens with zero attached hydrogens (tertiary/aromatic N) is 2. The van der Waals surface area contributed by atoms with E-state index in [4.69, 9.17) is 10.3 Å². The molecule has 3 rings (SSSR count). The Morgan fingerprint density at radius 2 is 2.00 bits per heavy atom. The summed E-state index contributed by atoms with van der Waals surface area (Å²) in [7, 11) is 0. The highest BCUT2D eigenvalue weighted by atomic mass is 35.5. The van der Waals surface area contributed by atoms with Gasteiger partial charge >= 0.3 is 0 Å². The van der Waals surface area contributed by atoms with Gasteiger partial charge in [-0.15, -0.1) is 12.4 Å². The maximum atomic E-state index is 13.2. The molecular formula is C14H16ClF2N3O. The SMILES string of the molecule is Cl.NC1CCCC(c2nc(-c3ccc(F)c(F)c3)no2)C1. The van der Waals surface area contributed by atoms with Crippen LogP contribution in [0.3, 0.4) is 0 Å². The van der Waals surface area contributed by atoms with Crippen molar-refractivity contribution in [1.82, 2.24) is 10.1 Å². The quantitative estimate of drug-likeness (QED) is 0.922. The molecule has 2 unspecified atom stereocenters. The summed E-state index contributed by atoms with van der Waals surface area (Å²) >= 11 is 0. The Bertz CT molecular complexity index is 620. The van der Waals surface area contributed by atoms with Gasteiger partial charge in [-0.25, -0.2) is 8.78 Å². The van der Waals surface area contributed by atoms with Crippen molar-refractivity contribution in [2.24, 2.45) is 5.73 Å². The second kappa shape index (κ2) is 6.49. The minimum atomic E-state index is -0.923. The van der Waals surface area contributed by atoms with E-state index in [1.54, 1.807) is 0 Å². The van der Waals surface area contributed by atoms with Crippen molar-refractivity contribution in [2.75, 3.05) is 0 Å². The largest absolute Gasteiger partial charge is 0.339 e. The van der Waals surface area contributed by atoms with Crippen LogP contribution in [0.2, 0.25) is 0 Å². The first-order chi connectivity index (χ1) is 9.63. The number of aromatic nitrogens is 2. The molecule has 1 aromatic heterocycles. The normalized spacial score (nSPS) is 21.9. The maximum absolute atomic E-state index is 13.2. The molecular weight excluding hydrogens is 300 g/mol. The summed E-state index contributed by atoms with van der Waals surface area (Å²) in [5, 5.41) is 3.84. The zero-order chi connectivity index (χ0) is 14.1. The zero-order valence-corrected chi connectivity index (χ0v) is 12.1. The lowest BCUT2D eigenvalue weighted by Crippen LogP contribution is -2.26. The molecule has 0 spiro atoms. The average Bonchev–Trinajstić information content (AvgIpc) is 2.92. The van der Waals surface area contributed by atoms with Gasteiger partial charge in [0.2, 0.25) is 11.7 Å². The molecule has 0 saturated heterocycles. The molecule has 1 aliphatic carbocycles. The minimum absolute atomic E-state index is 0. The van der Waals surface area contributed by atoms with E-state index in [1.807, 2.05) is 0 Å². The average molecular weight is 316 g/mol. The first-order valence-corrected chi connectivity index (χ1v) is 6.68. The van der Waals surface area contributed by atoms with Gasteiger partial charge in [0.1, 0.15) is 0 Å². The molecule has 114 valence electrons. The molecule has 21 heavy (non-hydrogen) atoms. The van der Waals surface area contributed by atoms with Crippen LogP contribution in [0.4, 0.5) is 8.78 Å². The molecule has 0 amide bonds. The summed E-state index contributed by atoms with van der Waals surface area (Å²) in [6, 6.07) is 3.71. The van der Waals surface area contributed by atoms with Crippen molar-refractivity contribution in [3.63, 3.8) is 0 Å². The standard InChI is InChI=1S/C14H15F2N3O.ClH/c15-11-5-4-8(7-12(11)16)13-18-14(20-19-13)9-2-1-3-10(17)6-9;/h4-5,7,9-10H,1-3,6,17H2;1H. The number of benzene rings is 1. The predicted molar refractivity (Wildman–Crippen MR) is 76.1 cm³/mol. The predicted octanol–water partition coefficient (Wildman–Crippen LogP) is 3.42. The smallest absolute Gasteiger partial charge is 0.230 e. The highest BCUT2D eigenvalue weighted by molar-refractivity contribution is 5.85. The lowest BCUT2D eigenvalue weighted by Gasteiger charge is -2.23. The monoisotopic (exact) mass is 315 g/mol. The topological polar surface area (TPSA) is 64.9 Å². The van der Waals surface area contributed by atoms with E-state index >= 15 is 0 Å². The van der Waals surface area contributed by atoms with Crippen molar-refractivity contribution in [1.29, 1.82) is 0 Å². The summed E-state index contributed by atoms with van der Waals surface area (Å²) in [6.07, 6.45) is 3.84. The van der Waals surface area contributed by atoms with Crippen LogP contribution < -0.4 is 5.73 Å². The Morgan fingerprint density at radius 1 is 1.19 bits per heavy atom. The molecule has 1 aliphatic rings. The summed E-state index contributed by atoms with van der Waals surface area (Å²) in [4.78, 5) is 4.29. The van der Waals surface area contributed by atoms with Crippen molar-refractivity contribution in [2.45, 2.75) is 37.6 Å². The Labute approximate surface area is 127 Å². The molecule has 0 bridgehead atoms. The van der Waals surface area contributed by atoms with Gasteiger partial charge in [-0.1, -0.05) is 11.6 Å². The van der Waals surface area contributed by atoms with Crippen LogP contribution in [0.1, 0.15) is 37.5 Å². The van der Waals surface area contributed by atoms with Crippen LogP contribution in [0.15, 0.2) is 22.7 Å². The summed E-state index contributed by atoms with van der Waals surface area (Å²) in [6.45, 7) is 0. The number of hydrogen-bond donors (Lipinski definition) is 1. The third-order valence-corrected chi connectivity index (χ3v) is 3.68. The summed E-state index contributed by atoms with van der Waals surface area (Å²) < 4.78 is 31.3. The molecule has 1 heterocycles. The fourth-order valence-corrected chi connectivity index (χ4v) is 2.61. The van der Waals surface area contributed by atoms with Gasteiger partial charge < -0.3 is 10.3 Å². The first-order valence-electron chi connectivity index (χ1n) is 6.68. The van der Waals surface area contributed by atoms with E-state index in [1.165, 1.54) is 6.07 Å². The Kier molecular flexibility index (Phi) is 4.90. The van der Waals surface area contributed by atoms with Crippen LogP contribution >= 0.6 is 12.4 Å². The van der Waals surface area contributed by atoms with Crippen molar-refractivity contribution < 1.29 is 13.3 Å². The summed E-state index contributed by atoms with van der Waals surface area (Å²) in [5.74, 6) is -0.854. The second-order valence-corrected chi connectivity index (χ2v) is 5.21. The Morgan fingerprint density at radius 3 is 2.71 bits per heavy atom. The zero-order valence-electron chi connectivity index (χ0n) is 11.3. The van der Waals surface area contributed by atoms with E-state index in [-0.39, 0.29) is 30.2 Å². The van der Waals surface area contributed by atoms with Crippen LogP contribution in [0.25, 0.3) is 11.4 Å². The molecule has 1 aromatic carbocycles. The van der Waals surface area contributed by atoms with Gasteiger partial charge in [-0.3, -0.25) is 0 Å². The third-order valence-electron chi connectivity index (χ3n) is 3.68. The van der Waals surface area contributed by atoms with Gasteiger partial charge in [-0.2, -0.15) is 4.98 Å². The molecule has 1 fully saturated rings. The van der Waals surface area contributed by atoms with Gasteiger partial charge in [0.05, 0.1) is 0 Å². The molecule has 4 nitrogen and oxygen atoms in total. The van der Waals surface area contributed by atoms with Crippen molar-refractivity contribution >= 4 is 12.4 Å². The van der Waals surface area contributed by atoms with Crippen molar-refractivity contribution in [3.8, 4) is 11.4 Å². The minimum Gasteiger partial charge on any atom is -0.339 e. The van der Waals surface area contributed by atoms with Gasteiger partial charge in [0.25, 0.3) is 0 Å². The lowest BCUT2D eigenvalue weighted by molar-refractivity contribution is 0.299. The molecule has 7 heteroatoms. The van der Waals surface area contributed by atoms with Crippen LogP contribution in [-0.2, 0) is 0 Å².